The van der Waals surface area contributed by atoms with Gasteiger partial charge in [-0.25, -0.2) is 9.18 Å². The molecule has 18 nitrogen and oxygen atoms in total. The highest BCUT2D eigenvalue weighted by atomic mass is 19.1. The van der Waals surface area contributed by atoms with E-state index in [4.69, 9.17) is 15.2 Å². The molecule has 6 atom stereocenters. The Morgan fingerprint density at radius 3 is 2.06 bits per heavy atom. The third kappa shape index (κ3) is 14.4. The normalized spacial score (nSPS) is 15.2. The number of Topliss-reactive ketones (excluding diaryl/α,β-unsaturated/α-hetero) is 1. The first-order chi connectivity index (χ1) is 30.0. The van der Waals surface area contributed by atoms with Crippen molar-refractivity contribution < 1.29 is 62.4 Å². The number of ketones is 1. The molecule has 4 amide bonds. The van der Waals surface area contributed by atoms with Crippen molar-refractivity contribution in [2.45, 2.75) is 102 Å². The molecule has 4 rings (SSSR count). The number of hydrogen-bond acceptors (Lipinski definition) is 12. The Balaban J connectivity index is 1.53. The Bertz CT molecular complexity index is 2130. The Labute approximate surface area is 362 Å². The summed E-state index contributed by atoms with van der Waals surface area (Å²) in [6, 6.07) is 11.1. The first-order valence-electron chi connectivity index (χ1n) is 20.3. The maximum absolute atomic E-state index is 14.4. The number of ether oxygens (including phenoxy) is 2. The second kappa shape index (κ2) is 23.5. The highest BCUT2D eigenvalue weighted by Gasteiger charge is 2.36. The lowest BCUT2D eigenvalue weighted by atomic mass is 10.0. The van der Waals surface area contributed by atoms with Crippen molar-refractivity contribution in [3.8, 4) is 0 Å². The number of fused-ring (bicyclic) bond motifs is 1. The number of carboxylic acid groups (broad SMARTS) is 2. The van der Waals surface area contributed by atoms with E-state index in [0.717, 1.165) is 0 Å². The fourth-order valence-corrected chi connectivity index (χ4v) is 6.89. The molecule has 9 N–H and O–H groups in total. The van der Waals surface area contributed by atoms with Gasteiger partial charge in [0.05, 0.1) is 30.4 Å². The maximum atomic E-state index is 14.4. The lowest BCUT2D eigenvalue weighted by Crippen LogP contribution is -2.61. The number of carbonyl (C=O) groups excluding carboxylic acids is 6. The summed E-state index contributed by atoms with van der Waals surface area (Å²) in [5.41, 5.74) is 8.57. The summed E-state index contributed by atoms with van der Waals surface area (Å²) < 4.78 is 25.6. The number of amides is 4. The highest BCUT2D eigenvalue weighted by Crippen LogP contribution is 2.28. The Kier molecular flexibility index (Phi) is 18.2. The molecule has 1 heterocycles. The van der Waals surface area contributed by atoms with Crippen molar-refractivity contribution in [2.24, 2.45) is 5.73 Å². The van der Waals surface area contributed by atoms with Crippen molar-refractivity contribution in [3.63, 3.8) is 0 Å². The van der Waals surface area contributed by atoms with Crippen molar-refractivity contribution in [2.75, 3.05) is 18.5 Å². The largest absolute Gasteiger partial charge is 0.481 e. The van der Waals surface area contributed by atoms with E-state index >= 15 is 0 Å². The number of anilines is 1. The zero-order valence-electron chi connectivity index (χ0n) is 35.1. The fraction of sp³-hybridized carbons (Fsp3) is 0.409. The Morgan fingerprint density at radius 2 is 1.43 bits per heavy atom. The van der Waals surface area contributed by atoms with Crippen LogP contribution in [0.3, 0.4) is 0 Å². The van der Waals surface area contributed by atoms with Gasteiger partial charge >= 0.3 is 17.9 Å². The van der Waals surface area contributed by atoms with Crippen molar-refractivity contribution in [1.82, 2.24) is 21.3 Å². The number of hydrogen-bond donors (Lipinski definition) is 8. The zero-order chi connectivity index (χ0) is 46.2. The van der Waals surface area contributed by atoms with E-state index in [-0.39, 0.29) is 56.5 Å². The summed E-state index contributed by atoms with van der Waals surface area (Å²) in [7, 11) is 0. The number of nitrogens with two attached hydrogens (primary N) is 1. The molecular weight excluding hydrogens is 824 g/mol. The van der Waals surface area contributed by atoms with Crippen LogP contribution < -0.4 is 32.3 Å². The molecule has 19 heteroatoms. The summed E-state index contributed by atoms with van der Waals surface area (Å²) in [4.78, 5) is 105. The van der Waals surface area contributed by atoms with E-state index in [2.05, 4.69) is 26.6 Å². The molecule has 0 radical (unpaired) electrons. The monoisotopic (exact) mass is 876 g/mol. The molecule has 3 aromatic carbocycles. The molecule has 0 fully saturated rings. The van der Waals surface area contributed by atoms with Crippen molar-refractivity contribution in [3.05, 3.63) is 100 Å². The van der Waals surface area contributed by atoms with Crippen LogP contribution in [0.2, 0.25) is 0 Å². The zero-order valence-corrected chi connectivity index (χ0v) is 35.1. The predicted molar refractivity (Wildman–Crippen MR) is 225 cm³/mol. The third-order valence-corrected chi connectivity index (χ3v) is 10.3. The van der Waals surface area contributed by atoms with E-state index in [9.17, 15) is 53.0 Å². The number of carbonyl (C=O) groups is 8. The molecule has 0 saturated carbocycles. The molecule has 0 saturated heterocycles. The van der Waals surface area contributed by atoms with Crippen LogP contribution in [0.15, 0.2) is 66.7 Å². The highest BCUT2D eigenvalue weighted by molar-refractivity contribution is 5.99. The van der Waals surface area contributed by atoms with Gasteiger partial charge in [-0.3, -0.25) is 33.6 Å². The van der Waals surface area contributed by atoms with Crippen LogP contribution in [-0.4, -0.2) is 107 Å². The number of para-hydroxylation sites is 1. The van der Waals surface area contributed by atoms with Gasteiger partial charge in [-0.1, -0.05) is 60.7 Å². The average molecular weight is 877 g/mol. The summed E-state index contributed by atoms with van der Waals surface area (Å²) in [6.45, 7) is 3.74. The van der Waals surface area contributed by atoms with Crippen LogP contribution in [0.25, 0.3) is 0 Å². The second-order valence-corrected chi connectivity index (χ2v) is 15.1. The van der Waals surface area contributed by atoms with Crippen LogP contribution in [0.4, 0.5) is 10.1 Å². The number of carboxylic acids is 2. The van der Waals surface area contributed by atoms with E-state index in [0.29, 0.717) is 22.3 Å². The topological polar surface area (TPSA) is 282 Å². The SMILES string of the molecule is Cc1cccc(C)c1C(=O)OCC(=O)[C@H](CC(=O)O)NC(=O)[C@H](CCN)NC(=O)[C@@H](NC(=O)[C@H](CCCC(=O)O)NC(=O)[C@@H]1Cc2cccc(F)c2N1)C(C)OCc1ccccc1. The molecule has 63 heavy (non-hydrogen) atoms. The van der Waals surface area contributed by atoms with Gasteiger partial charge in [-0.2, -0.15) is 0 Å². The van der Waals surface area contributed by atoms with Gasteiger partial charge in [-0.15, -0.1) is 0 Å². The van der Waals surface area contributed by atoms with Crippen LogP contribution in [0.1, 0.15) is 71.6 Å². The number of aryl methyl sites for hydroxylation is 2. The first kappa shape index (κ1) is 48.9. The minimum atomic E-state index is -1.70. The van der Waals surface area contributed by atoms with Crippen LogP contribution in [0.5, 0.6) is 0 Å². The van der Waals surface area contributed by atoms with Crippen LogP contribution in [0, 0.1) is 19.7 Å². The molecule has 0 bridgehead atoms. The molecule has 1 aliphatic rings. The lowest BCUT2D eigenvalue weighted by molar-refractivity contribution is -0.141. The molecule has 0 aliphatic carbocycles. The third-order valence-electron chi connectivity index (χ3n) is 10.3. The van der Waals surface area contributed by atoms with Crippen molar-refractivity contribution in [1.29, 1.82) is 0 Å². The number of nitrogens with one attached hydrogen (secondary N) is 5. The van der Waals surface area contributed by atoms with Crippen LogP contribution in [-0.2, 0) is 56.1 Å². The molecule has 0 spiro atoms. The van der Waals surface area contributed by atoms with Gasteiger partial charge in [0, 0.05) is 12.8 Å². The Hall–Kier alpha value is -6.73. The minimum Gasteiger partial charge on any atom is -0.481 e. The van der Waals surface area contributed by atoms with Gasteiger partial charge in [0.1, 0.15) is 36.0 Å². The van der Waals surface area contributed by atoms with E-state index < -0.39 is 102 Å². The van der Waals surface area contributed by atoms with E-state index in [1.165, 1.54) is 19.1 Å². The summed E-state index contributed by atoms with van der Waals surface area (Å²) >= 11 is 0. The smallest absolute Gasteiger partial charge is 0.339 e. The second-order valence-electron chi connectivity index (χ2n) is 15.1. The molecule has 1 aliphatic heterocycles. The van der Waals surface area contributed by atoms with E-state index in [1.807, 2.05) is 0 Å². The summed E-state index contributed by atoms with van der Waals surface area (Å²) in [5.74, 6) is -8.56. The molecule has 338 valence electrons. The number of esters is 1. The summed E-state index contributed by atoms with van der Waals surface area (Å²) in [6.07, 6.45) is -2.73. The summed E-state index contributed by atoms with van der Waals surface area (Å²) in [5, 5.41) is 31.7. The number of rotatable bonds is 24. The van der Waals surface area contributed by atoms with Crippen LogP contribution >= 0.6 is 0 Å². The van der Waals surface area contributed by atoms with Crippen molar-refractivity contribution >= 4 is 53.0 Å². The number of benzene rings is 3. The standard InChI is InChI=1S/C44H53FN6O12/c1-24-10-7-11-25(2)37(24)44(61)63-23-34(52)32(21-36(55)56)50-40(57)31(18-19-46)49-43(60)38(26(3)62-22-27-12-5-4-6-13-27)51-41(58)30(16-9-17-35(53)54)48-42(59)33-20-28-14-8-15-29(45)39(28)47-33/h4-8,10-15,26,30-33,38,47H,9,16-23,46H2,1-3H3,(H,48,59)(H,49,60)(H,50,57)(H,51,58)(H,53,54)(H,55,56)/t26?,30-,31-,32-,33-,38-/m0/s1. The number of halogens is 1. The minimum absolute atomic E-state index is 0.0232. The first-order valence-corrected chi connectivity index (χ1v) is 20.3. The Morgan fingerprint density at radius 1 is 0.794 bits per heavy atom. The van der Waals surface area contributed by atoms with Gasteiger partial charge in [0.15, 0.2) is 12.4 Å². The molecule has 3 aromatic rings. The molecule has 0 aromatic heterocycles. The van der Waals surface area contributed by atoms with Gasteiger partial charge in [0.2, 0.25) is 23.6 Å². The predicted octanol–water partition coefficient (Wildman–Crippen LogP) is 1.83. The van der Waals surface area contributed by atoms with Gasteiger partial charge < -0.3 is 52.0 Å². The van der Waals surface area contributed by atoms with E-state index in [1.54, 1.807) is 68.4 Å². The van der Waals surface area contributed by atoms with Gasteiger partial charge in [0.25, 0.3) is 0 Å². The molecule has 1 unspecified atom stereocenters. The average Bonchev–Trinajstić information content (AvgIpc) is 3.69. The maximum Gasteiger partial charge on any atom is 0.339 e. The lowest BCUT2D eigenvalue weighted by Gasteiger charge is -2.29. The van der Waals surface area contributed by atoms with Gasteiger partial charge in [-0.05, 0) is 74.9 Å². The fourth-order valence-electron chi connectivity index (χ4n) is 6.89. The quantitative estimate of drug-likeness (QED) is 0.0597. The molecular formula is C44H53FN6O12. The number of aliphatic carboxylic acids is 2.